The number of nitrogens with one attached hydrogen (secondary N) is 4. The van der Waals surface area contributed by atoms with Crippen molar-refractivity contribution in [1.82, 2.24) is 16.0 Å². The van der Waals surface area contributed by atoms with Crippen molar-refractivity contribution < 1.29 is 29.8 Å². The van der Waals surface area contributed by atoms with Crippen molar-refractivity contribution in [3.63, 3.8) is 0 Å². The summed E-state index contributed by atoms with van der Waals surface area (Å²) in [5.74, 6) is 0.515. The summed E-state index contributed by atoms with van der Waals surface area (Å²) in [5, 5.41) is 45.6. The minimum Gasteiger partial charge on any atom is -0.545 e. The molecule has 0 radical (unpaired) electrons. The molecule has 254 valence electrons. The predicted molar refractivity (Wildman–Crippen MR) is 170 cm³/mol. The molecule has 3 saturated carbocycles. The van der Waals surface area contributed by atoms with Gasteiger partial charge in [-0.05, 0) is 95.7 Å². The third-order valence-electron chi connectivity index (χ3n) is 13.2. The number of quaternary nitrogens is 1. The first-order valence-electron chi connectivity index (χ1n) is 17.9. The molecule has 45 heavy (non-hydrogen) atoms. The van der Waals surface area contributed by atoms with E-state index in [0.717, 1.165) is 89.7 Å². The number of rotatable bonds is 11. The van der Waals surface area contributed by atoms with E-state index in [0.29, 0.717) is 43.9 Å². The van der Waals surface area contributed by atoms with E-state index >= 15 is 0 Å². The summed E-state index contributed by atoms with van der Waals surface area (Å²) in [5.41, 5.74) is 5.35. The highest BCUT2D eigenvalue weighted by Crippen LogP contribution is 2.76. The van der Waals surface area contributed by atoms with Crippen molar-refractivity contribution in [2.24, 2.45) is 45.2 Å². The number of aliphatic carboxylic acids is 1. The Morgan fingerprint density at radius 3 is 2.82 bits per heavy atom. The molecule has 4 aliphatic carbocycles. The fourth-order valence-corrected chi connectivity index (χ4v) is 11.5. The zero-order valence-electron chi connectivity index (χ0n) is 27.5. The molecule has 2 aliphatic heterocycles. The number of carboxylic acids is 1. The zero-order chi connectivity index (χ0) is 31.8. The van der Waals surface area contributed by atoms with Crippen molar-refractivity contribution in [1.29, 1.82) is 0 Å². The summed E-state index contributed by atoms with van der Waals surface area (Å²) in [6, 6.07) is 0.443. The van der Waals surface area contributed by atoms with Crippen molar-refractivity contribution in [2.75, 3.05) is 66.1 Å². The Hall–Kier alpha value is -1.60. The second-order valence-electron chi connectivity index (χ2n) is 15.2. The topological polar surface area (TPSA) is 169 Å². The van der Waals surface area contributed by atoms with E-state index in [4.69, 9.17) is 15.5 Å². The summed E-state index contributed by atoms with van der Waals surface area (Å²) in [4.78, 5) is 19.0. The molecule has 10 unspecified atom stereocenters. The third kappa shape index (κ3) is 5.58. The van der Waals surface area contributed by atoms with Crippen LogP contribution in [-0.2, 0) is 9.53 Å². The van der Waals surface area contributed by atoms with Crippen LogP contribution < -0.4 is 31.7 Å². The maximum atomic E-state index is 13.1. The molecule has 2 spiro atoms. The van der Waals surface area contributed by atoms with E-state index in [-0.39, 0.29) is 48.1 Å². The number of likely N-dealkylation sites (tertiary alicyclic amines) is 1. The summed E-state index contributed by atoms with van der Waals surface area (Å²) in [6.45, 7) is 7.65. The molecule has 11 heteroatoms. The van der Waals surface area contributed by atoms with Gasteiger partial charge >= 0.3 is 0 Å². The number of guanidine groups is 1. The number of carbonyl (C=O) groups excluding carboxylic acids is 1. The van der Waals surface area contributed by atoms with Crippen LogP contribution in [0.3, 0.4) is 0 Å². The molecule has 2 saturated heterocycles. The number of likely N-dealkylation sites (N-methyl/N-ethyl adjacent to an activating group) is 1. The van der Waals surface area contributed by atoms with Gasteiger partial charge < -0.3 is 46.5 Å². The smallest absolute Gasteiger partial charge is 0.293 e. The van der Waals surface area contributed by atoms with E-state index in [2.05, 4.69) is 22.9 Å². The van der Waals surface area contributed by atoms with Crippen LogP contribution in [-0.4, -0.2) is 106 Å². The highest BCUT2D eigenvalue weighted by molar-refractivity contribution is 5.90. The second-order valence-corrected chi connectivity index (χ2v) is 15.2. The van der Waals surface area contributed by atoms with E-state index in [9.17, 15) is 20.1 Å². The molecule has 0 aromatic carbocycles. The van der Waals surface area contributed by atoms with Crippen LogP contribution >= 0.6 is 0 Å². The number of nitrogens with two attached hydrogens (primary N) is 1. The standard InChI is InChI=1S/C34H58N6O5/c1-22-8-9-23-17-26-29(30(42)43)32(44,21-45-28-7-3-6-27-25(28)5-4-11-38-27)19-33(22,26)34(23)20-40(31(35)39-13-12-36-2)15-10-24(34)18-37-14-16-41/h22-25,27-28,36-38,41,44H,3-21H2,1-2H3,(H2,35,39)(H,42,43). The van der Waals surface area contributed by atoms with Crippen LogP contribution in [0.1, 0.15) is 71.1 Å². The van der Waals surface area contributed by atoms with Crippen LogP contribution in [0.15, 0.2) is 16.1 Å². The largest absolute Gasteiger partial charge is 0.545 e. The quantitative estimate of drug-likeness (QED) is 0.0821. The van der Waals surface area contributed by atoms with Crippen LogP contribution in [0.25, 0.3) is 0 Å². The normalized spacial score (nSPS) is 43.0. The van der Waals surface area contributed by atoms with E-state index in [1.807, 2.05) is 7.05 Å². The van der Waals surface area contributed by atoms with Gasteiger partial charge in [0.1, 0.15) is 5.60 Å². The number of hydrogen-bond donors (Lipinski definition) is 7. The average molecular weight is 631 g/mol. The highest BCUT2D eigenvalue weighted by Gasteiger charge is 2.75. The van der Waals surface area contributed by atoms with Gasteiger partial charge in [-0.1, -0.05) is 12.5 Å². The van der Waals surface area contributed by atoms with Crippen molar-refractivity contribution >= 4 is 11.9 Å². The van der Waals surface area contributed by atoms with E-state index < -0.39 is 17.0 Å². The number of piperidine rings is 2. The predicted octanol–water partition coefficient (Wildman–Crippen LogP) is -1.45. The number of ether oxygens (including phenoxy) is 1. The number of aliphatic hydroxyl groups is 2. The first kappa shape index (κ1) is 33.3. The molecule has 8 N–H and O–H groups in total. The van der Waals surface area contributed by atoms with Crippen molar-refractivity contribution in [3.8, 4) is 0 Å². The Morgan fingerprint density at radius 2 is 2.04 bits per heavy atom. The Balaban J connectivity index is 1.37. The minimum absolute atomic E-state index is 0.000528. The van der Waals surface area contributed by atoms with E-state index in [1.54, 1.807) is 0 Å². The van der Waals surface area contributed by atoms with Gasteiger partial charge in [0.05, 0.1) is 44.9 Å². The summed E-state index contributed by atoms with van der Waals surface area (Å²) in [6.07, 6.45) is 9.42. The average Bonchev–Trinajstić information content (AvgIpc) is 3.38. The maximum absolute atomic E-state index is 13.1. The highest BCUT2D eigenvalue weighted by atomic mass is 16.5. The van der Waals surface area contributed by atoms with E-state index in [1.165, 1.54) is 4.90 Å². The second kappa shape index (κ2) is 13.5. The summed E-state index contributed by atoms with van der Waals surface area (Å²) < 4.78 is 6.65. The number of allylic oxidation sites excluding steroid dienone is 1. The van der Waals surface area contributed by atoms with Crippen molar-refractivity contribution in [3.05, 3.63) is 11.1 Å². The summed E-state index contributed by atoms with van der Waals surface area (Å²) in [7, 11) is 1.91. The van der Waals surface area contributed by atoms with Crippen LogP contribution in [0.2, 0.25) is 0 Å². The molecule has 0 aromatic rings. The number of hydrogen-bond acceptors (Lipinski definition) is 9. The van der Waals surface area contributed by atoms with Crippen LogP contribution in [0.5, 0.6) is 0 Å². The number of aliphatic hydroxyl groups excluding tert-OH is 1. The zero-order valence-corrected chi connectivity index (χ0v) is 27.5. The van der Waals surface area contributed by atoms with Crippen LogP contribution in [0, 0.1) is 34.5 Å². The third-order valence-corrected chi connectivity index (χ3v) is 13.2. The summed E-state index contributed by atoms with van der Waals surface area (Å²) >= 11 is 0. The lowest BCUT2D eigenvalue weighted by molar-refractivity contribution is -0.828. The lowest BCUT2D eigenvalue weighted by Gasteiger charge is -2.60. The first-order chi connectivity index (χ1) is 21.7. The fourth-order valence-electron chi connectivity index (χ4n) is 11.5. The number of nitrogens with zero attached hydrogens (tertiary/aromatic N) is 1. The minimum atomic E-state index is -1.60. The number of carboxylic acid groups (broad SMARTS) is 1. The molecule has 6 aliphatic rings. The molecule has 11 nitrogen and oxygen atoms in total. The van der Waals surface area contributed by atoms with Gasteiger partial charge in [0.2, 0.25) is 0 Å². The van der Waals surface area contributed by atoms with Gasteiger partial charge in [-0.3, -0.25) is 4.90 Å². The monoisotopic (exact) mass is 630 g/mol. The molecular formula is C34H58N6O5. The lowest BCUT2D eigenvalue weighted by atomic mass is 9.45. The lowest BCUT2D eigenvalue weighted by Crippen LogP contribution is -3.19. The Morgan fingerprint density at radius 1 is 1.20 bits per heavy atom. The molecule has 5 fully saturated rings. The Labute approximate surface area is 268 Å². The molecule has 0 aromatic heterocycles. The Bertz CT molecular complexity index is 1150. The van der Waals surface area contributed by atoms with Gasteiger partial charge in [0.15, 0.2) is 0 Å². The Kier molecular flexibility index (Phi) is 9.98. The first-order valence-corrected chi connectivity index (χ1v) is 17.9. The van der Waals surface area contributed by atoms with Gasteiger partial charge in [-0.25, -0.2) is 4.99 Å². The number of fused-ring (bicyclic) bond motifs is 1. The molecule has 2 heterocycles. The number of aliphatic imine (C=N–C) groups is 1. The van der Waals surface area contributed by atoms with Gasteiger partial charge in [0.25, 0.3) is 5.96 Å². The molecule has 0 amide bonds. The molecule has 6 rings (SSSR count). The molecular weight excluding hydrogens is 572 g/mol. The van der Waals surface area contributed by atoms with Crippen molar-refractivity contribution in [2.45, 2.75) is 88.9 Å². The van der Waals surface area contributed by atoms with Gasteiger partial charge in [-0.2, -0.15) is 0 Å². The molecule has 10 atom stereocenters. The molecule has 2 bridgehead atoms. The van der Waals surface area contributed by atoms with Crippen LogP contribution in [0.4, 0.5) is 0 Å². The van der Waals surface area contributed by atoms with Gasteiger partial charge in [0, 0.05) is 47.9 Å². The fraction of sp³-hybridized carbons (Fsp3) is 0.882. The number of carbonyl (C=O) groups is 1. The van der Waals surface area contributed by atoms with Gasteiger partial charge in [-0.15, -0.1) is 0 Å². The maximum Gasteiger partial charge on any atom is 0.293 e. The SMILES string of the molecule is CNCCN=C(N)[NH+]1CCC(CNCCO)C2(C1)C1CCC(C)C23CC(O)(COC2CCCC4NCCCC42)C(C(=O)[O-])=C3C1.